The highest BCUT2D eigenvalue weighted by molar-refractivity contribution is 5.07. The fraction of sp³-hybridized carbons (Fsp3) is 0.643. The summed E-state index contributed by atoms with van der Waals surface area (Å²) in [5.74, 6) is 3.08. The number of hydrogen-bond donors (Lipinski definition) is 0. The lowest BCUT2D eigenvalue weighted by atomic mass is 10.2. The molecular formula is C14H18N4O2. The van der Waals surface area contributed by atoms with Crippen molar-refractivity contribution in [2.75, 3.05) is 6.54 Å². The molecule has 0 N–H and O–H groups in total. The van der Waals surface area contributed by atoms with Crippen LogP contribution in [0.15, 0.2) is 15.1 Å². The standard InChI is InChI=1S/C14H18N4O2/c1-9-7-11(19-16-9)8-18-6-2-3-12(18)13-15-14(20-17-13)10-4-5-10/h7,10,12H,2-6,8H2,1H3. The molecule has 6 heteroatoms. The van der Waals surface area contributed by atoms with Crippen LogP contribution in [0.3, 0.4) is 0 Å². The largest absolute Gasteiger partial charge is 0.360 e. The third-order valence-corrected chi connectivity index (χ3v) is 4.08. The summed E-state index contributed by atoms with van der Waals surface area (Å²) < 4.78 is 10.7. The maximum atomic E-state index is 5.38. The van der Waals surface area contributed by atoms with Gasteiger partial charge in [0, 0.05) is 12.0 Å². The molecular weight excluding hydrogens is 256 g/mol. The normalized spacial score (nSPS) is 23.6. The minimum atomic E-state index is 0.247. The molecule has 2 aromatic heterocycles. The molecule has 6 nitrogen and oxygen atoms in total. The second-order valence-corrected chi connectivity index (χ2v) is 5.83. The van der Waals surface area contributed by atoms with Gasteiger partial charge >= 0.3 is 0 Å². The van der Waals surface area contributed by atoms with Crippen molar-refractivity contribution in [3.05, 3.63) is 29.2 Å². The molecule has 1 atom stereocenters. The van der Waals surface area contributed by atoms with E-state index in [0.29, 0.717) is 5.92 Å². The molecule has 1 saturated carbocycles. The summed E-state index contributed by atoms with van der Waals surface area (Å²) in [6, 6.07) is 2.23. The summed E-state index contributed by atoms with van der Waals surface area (Å²) in [5, 5.41) is 8.12. The number of nitrogens with zero attached hydrogens (tertiary/aromatic N) is 4. The van der Waals surface area contributed by atoms with E-state index in [1.807, 2.05) is 13.0 Å². The molecule has 0 bridgehead atoms. The molecule has 1 saturated heterocycles. The highest BCUT2D eigenvalue weighted by Crippen LogP contribution is 2.40. The summed E-state index contributed by atoms with van der Waals surface area (Å²) in [6.45, 7) is 3.74. The van der Waals surface area contributed by atoms with Gasteiger partial charge in [-0.3, -0.25) is 4.90 Å². The Morgan fingerprint density at radius 1 is 1.25 bits per heavy atom. The molecule has 0 radical (unpaired) electrons. The minimum Gasteiger partial charge on any atom is -0.360 e. The summed E-state index contributed by atoms with van der Waals surface area (Å²) in [4.78, 5) is 6.93. The Balaban J connectivity index is 1.50. The number of aryl methyl sites for hydroxylation is 1. The van der Waals surface area contributed by atoms with E-state index in [-0.39, 0.29) is 6.04 Å². The molecule has 4 rings (SSSR count). The zero-order valence-electron chi connectivity index (χ0n) is 11.6. The van der Waals surface area contributed by atoms with E-state index >= 15 is 0 Å². The Labute approximate surface area is 117 Å². The Kier molecular flexibility index (Phi) is 2.84. The third-order valence-electron chi connectivity index (χ3n) is 4.08. The average molecular weight is 274 g/mol. The van der Waals surface area contributed by atoms with Gasteiger partial charge in [-0.05, 0) is 39.2 Å². The van der Waals surface area contributed by atoms with Gasteiger partial charge < -0.3 is 9.05 Å². The van der Waals surface area contributed by atoms with Crippen LogP contribution in [0.1, 0.15) is 60.8 Å². The monoisotopic (exact) mass is 274 g/mol. The van der Waals surface area contributed by atoms with Crippen LogP contribution in [0.4, 0.5) is 0 Å². The molecule has 3 heterocycles. The minimum absolute atomic E-state index is 0.247. The van der Waals surface area contributed by atoms with E-state index in [4.69, 9.17) is 9.05 Å². The third kappa shape index (κ3) is 2.24. The zero-order chi connectivity index (χ0) is 13.5. The van der Waals surface area contributed by atoms with Crippen LogP contribution < -0.4 is 0 Å². The molecule has 1 aliphatic heterocycles. The molecule has 2 aromatic rings. The summed E-state index contributed by atoms with van der Waals surface area (Å²) >= 11 is 0. The molecule has 1 aliphatic carbocycles. The first-order chi connectivity index (χ1) is 9.79. The van der Waals surface area contributed by atoms with E-state index in [2.05, 4.69) is 20.2 Å². The van der Waals surface area contributed by atoms with Crippen molar-refractivity contribution in [1.29, 1.82) is 0 Å². The number of rotatable bonds is 4. The van der Waals surface area contributed by atoms with Gasteiger partial charge in [0.2, 0.25) is 5.89 Å². The Hall–Kier alpha value is -1.69. The van der Waals surface area contributed by atoms with Gasteiger partial charge in [0.05, 0.1) is 18.3 Å². The molecule has 0 amide bonds. The molecule has 2 fully saturated rings. The van der Waals surface area contributed by atoms with Crippen molar-refractivity contribution in [2.24, 2.45) is 0 Å². The van der Waals surface area contributed by atoms with Crippen LogP contribution in [0, 0.1) is 6.92 Å². The van der Waals surface area contributed by atoms with Crippen molar-refractivity contribution < 1.29 is 9.05 Å². The first-order valence-corrected chi connectivity index (χ1v) is 7.29. The van der Waals surface area contributed by atoms with E-state index in [0.717, 1.165) is 49.1 Å². The summed E-state index contributed by atoms with van der Waals surface area (Å²) in [6.07, 6.45) is 4.61. The fourth-order valence-electron chi connectivity index (χ4n) is 2.88. The van der Waals surface area contributed by atoms with Gasteiger partial charge in [-0.2, -0.15) is 4.98 Å². The highest BCUT2D eigenvalue weighted by atomic mass is 16.5. The number of hydrogen-bond acceptors (Lipinski definition) is 6. The maximum absolute atomic E-state index is 5.38. The quantitative estimate of drug-likeness (QED) is 0.853. The van der Waals surface area contributed by atoms with Crippen LogP contribution >= 0.6 is 0 Å². The second kappa shape index (κ2) is 4.70. The van der Waals surface area contributed by atoms with Gasteiger partial charge in [0.1, 0.15) is 0 Å². The van der Waals surface area contributed by atoms with E-state index in [9.17, 15) is 0 Å². The first kappa shape index (κ1) is 12.1. The molecule has 1 unspecified atom stereocenters. The van der Waals surface area contributed by atoms with Crippen LogP contribution in [-0.4, -0.2) is 26.7 Å². The Morgan fingerprint density at radius 3 is 2.90 bits per heavy atom. The number of aromatic nitrogens is 3. The van der Waals surface area contributed by atoms with Crippen LogP contribution in [-0.2, 0) is 6.54 Å². The lowest BCUT2D eigenvalue weighted by Crippen LogP contribution is -2.23. The first-order valence-electron chi connectivity index (χ1n) is 7.29. The molecule has 0 spiro atoms. The maximum Gasteiger partial charge on any atom is 0.229 e. The Morgan fingerprint density at radius 2 is 2.15 bits per heavy atom. The number of likely N-dealkylation sites (tertiary alicyclic amines) is 1. The molecule has 2 aliphatic rings. The van der Waals surface area contributed by atoms with Crippen LogP contribution in [0.25, 0.3) is 0 Å². The summed E-state index contributed by atoms with van der Waals surface area (Å²) in [5.41, 5.74) is 0.923. The van der Waals surface area contributed by atoms with Crippen LogP contribution in [0.5, 0.6) is 0 Å². The van der Waals surface area contributed by atoms with Crippen molar-refractivity contribution in [3.63, 3.8) is 0 Å². The van der Waals surface area contributed by atoms with E-state index in [1.165, 1.54) is 12.8 Å². The average Bonchev–Trinajstić information content (AvgIpc) is 2.87. The van der Waals surface area contributed by atoms with Crippen molar-refractivity contribution in [1.82, 2.24) is 20.2 Å². The zero-order valence-corrected chi connectivity index (χ0v) is 11.6. The lowest BCUT2D eigenvalue weighted by Gasteiger charge is -2.19. The lowest BCUT2D eigenvalue weighted by molar-refractivity contribution is 0.206. The second-order valence-electron chi connectivity index (χ2n) is 5.83. The van der Waals surface area contributed by atoms with Crippen LogP contribution in [0.2, 0.25) is 0 Å². The summed E-state index contributed by atoms with van der Waals surface area (Å²) in [7, 11) is 0. The van der Waals surface area contributed by atoms with Gasteiger partial charge in [-0.25, -0.2) is 0 Å². The van der Waals surface area contributed by atoms with Gasteiger partial charge in [0.25, 0.3) is 0 Å². The van der Waals surface area contributed by atoms with E-state index in [1.54, 1.807) is 0 Å². The van der Waals surface area contributed by atoms with Crippen molar-refractivity contribution >= 4 is 0 Å². The smallest absolute Gasteiger partial charge is 0.229 e. The van der Waals surface area contributed by atoms with Crippen molar-refractivity contribution in [3.8, 4) is 0 Å². The van der Waals surface area contributed by atoms with Crippen molar-refractivity contribution in [2.45, 2.75) is 51.1 Å². The van der Waals surface area contributed by atoms with E-state index < -0.39 is 0 Å². The topological polar surface area (TPSA) is 68.2 Å². The van der Waals surface area contributed by atoms with Gasteiger partial charge in [-0.1, -0.05) is 10.3 Å². The van der Waals surface area contributed by atoms with Gasteiger partial charge in [0.15, 0.2) is 11.6 Å². The molecule has 0 aromatic carbocycles. The Bertz CT molecular complexity index is 602. The predicted octanol–water partition coefficient (Wildman–Crippen LogP) is 2.58. The van der Waals surface area contributed by atoms with Gasteiger partial charge in [-0.15, -0.1) is 0 Å². The fourth-order valence-corrected chi connectivity index (χ4v) is 2.88. The highest BCUT2D eigenvalue weighted by Gasteiger charge is 2.34. The molecule has 106 valence electrons. The SMILES string of the molecule is Cc1cc(CN2CCCC2c2noc(C3CC3)n2)on1. The predicted molar refractivity (Wildman–Crippen MR) is 69.9 cm³/mol. The molecule has 20 heavy (non-hydrogen) atoms.